The summed E-state index contributed by atoms with van der Waals surface area (Å²) in [5.41, 5.74) is 13.6. The van der Waals surface area contributed by atoms with Gasteiger partial charge in [-0.15, -0.1) is 0 Å². The van der Waals surface area contributed by atoms with Crippen molar-refractivity contribution in [2.75, 3.05) is 4.90 Å². The molecule has 2 heterocycles. The molecule has 3 aromatic carbocycles. The fraction of sp³-hybridized carbons (Fsp3) is 0.217. The van der Waals surface area contributed by atoms with Crippen LogP contribution in [0, 0.1) is 29.6 Å². The third-order valence-corrected chi connectivity index (χ3v) is 11.4. The van der Waals surface area contributed by atoms with E-state index < -0.39 is 0 Å². The van der Waals surface area contributed by atoms with Crippen molar-refractivity contribution in [3.8, 4) is 12.1 Å². The van der Waals surface area contributed by atoms with Crippen LogP contribution in [0.1, 0.15) is 72.9 Å². The summed E-state index contributed by atoms with van der Waals surface area (Å²) in [6.45, 7) is 8.47. The Morgan fingerprint density at radius 2 is 1.74 bits per heavy atom. The Balaban J connectivity index is 1.18. The smallest absolute Gasteiger partial charge is 0.0953 e. The number of hydrogen-bond acceptors (Lipinski definition) is 3. The monoisotopic (exact) mass is 648 g/mol. The molecule has 4 nitrogen and oxygen atoms in total. The first-order valence-corrected chi connectivity index (χ1v) is 17.7. The fourth-order valence-electron chi connectivity index (χ4n) is 8.86. The van der Waals surface area contributed by atoms with E-state index in [1.165, 1.54) is 39.3 Å². The zero-order valence-electron chi connectivity index (χ0n) is 28.7. The van der Waals surface area contributed by atoms with Crippen LogP contribution in [-0.2, 0) is 5.41 Å². The van der Waals surface area contributed by atoms with Crippen LogP contribution in [0.15, 0.2) is 139 Å². The van der Waals surface area contributed by atoms with Gasteiger partial charge in [-0.3, -0.25) is 0 Å². The molecule has 1 aliphatic heterocycles. The van der Waals surface area contributed by atoms with E-state index in [1.807, 2.05) is 18.2 Å². The zero-order chi connectivity index (χ0) is 34.4. The Morgan fingerprint density at radius 3 is 2.54 bits per heavy atom. The number of para-hydroxylation sites is 2. The van der Waals surface area contributed by atoms with Gasteiger partial charge in [-0.05, 0) is 86.1 Å². The molecule has 0 saturated carbocycles. The van der Waals surface area contributed by atoms with Crippen molar-refractivity contribution in [3.63, 3.8) is 0 Å². The average Bonchev–Trinajstić information content (AvgIpc) is 3.60. The largest absolute Gasteiger partial charge is 0.337 e. The molecule has 1 aromatic heterocycles. The lowest BCUT2D eigenvalue weighted by Gasteiger charge is -2.39. The first kappa shape index (κ1) is 31.4. The van der Waals surface area contributed by atoms with Gasteiger partial charge in [0.1, 0.15) is 0 Å². The molecule has 4 aliphatic rings. The molecule has 8 rings (SSSR count). The van der Waals surface area contributed by atoms with E-state index >= 15 is 0 Å². The summed E-state index contributed by atoms with van der Waals surface area (Å²) in [5.74, 6) is -0.0412. The average molecular weight is 649 g/mol. The molecule has 0 spiro atoms. The number of aromatic nitrogens is 1. The van der Waals surface area contributed by atoms with E-state index in [9.17, 15) is 10.5 Å². The minimum atomic E-state index is -0.0412. The molecule has 2 unspecified atom stereocenters. The molecule has 0 amide bonds. The molecule has 50 heavy (non-hydrogen) atoms. The van der Waals surface area contributed by atoms with E-state index in [1.54, 1.807) is 0 Å². The van der Waals surface area contributed by atoms with Crippen molar-refractivity contribution in [1.82, 2.24) is 4.57 Å². The van der Waals surface area contributed by atoms with Crippen LogP contribution in [0.4, 0.5) is 5.69 Å². The molecule has 244 valence electrons. The van der Waals surface area contributed by atoms with Gasteiger partial charge < -0.3 is 9.47 Å². The SMILES string of the molecule is C=C/C=C\c1c(C)n(C2=C(c3ccc([C@@H]4CC(N5c6ccccc6C6(C)CCC=CC56)=CC=C4C#N)cc3)C=C(C#N)CC2)c2ccccc12. The van der Waals surface area contributed by atoms with Crippen molar-refractivity contribution >= 4 is 33.9 Å². The molecule has 0 N–H and O–H groups in total. The van der Waals surface area contributed by atoms with Crippen molar-refractivity contribution in [3.05, 3.63) is 167 Å². The summed E-state index contributed by atoms with van der Waals surface area (Å²) in [5, 5.41) is 21.4. The number of nitriles is 2. The normalized spacial score (nSPS) is 22.8. The minimum absolute atomic E-state index is 0.0412. The Morgan fingerprint density at radius 1 is 0.940 bits per heavy atom. The quantitative estimate of drug-likeness (QED) is 0.154. The molecule has 0 radical (unpaired) electrons. The Hall–Kier alpha value is -5.84. The van der Waals surface area contributed by atoms with Gasteiger partial charge in [-0.25, -0.2) is 0 Å². The highest BCUT2D eigenvalue weighted by atomic mass is 15.2. The zero-order valence-corrected chi connectivity index (χ0v) is 28.7. The van der Waals surface area contributed by atoms with Crippen LogP contribution in [-0.4, -0.2) is 10.6 Å². The van der Waals surface area contributed by atoms with Gasteiger partial charge in [-0.1, -0.05) is 105 Å². The summed E-state index contributed by atoms with van der Waals surface area (Å²) in [4.78, 5) is 2.53. The second kappa shape index (κ2) is 12.6. The lowest BCUT2D eigenvalue weighted by molar-refractivity contribution is 0.395. The number of anilines is 1. The number of allylic oxidation sites excluding steroid dienone is 11. The van der Waals surface area contributed by atoms with Crippen molar-refractivity contribution in [2.24, 2.45) is 0 Å². The van der Waals surface area contributed by atoms with Crippen LogP contribution in [0.3, 0.4) is 0 Å². The maximum absolute atomic E-state index is 10.3. The summed E-state index contributed by atoms with van der Waals surface area (Å²) in [7, 11) is 0. The van der Waals surface area contributed by atoms with Crippen LogP contribution < -0.4 is 4.90 Å². The number of fused-ring (bicyclic) bond motifs is 4. The van der Waals surface area contributed by atoms with E-state index in [2.05, 4.69) is 145 Å². The highest BCUT2D eigenvalue weighted by Crippen LogP contribution is 2.53. The summed E-state index contributed by atoms with van der Waals surface area (Å²) in [6, 6.07) is 31.4. The van der Waals surface area contributed by atoms with E-state index in [4.69, 9.17) is 0 Å². The van der Waals surface area contributed by atoms with Crippen molar-refractivity contribution in [2.45, 2.75) is 63.3 Å². The first-order valence-electron chi connectivity index (χ1n) is 17.7. The third-order valence-electron chi connectivity index (χ3n) is 11.4. The van der Waals surface area contributed by atoms with Gasteiger partial charge >= 0.3 is 0 Å². The predicted octanol–water partition coefficient (Wildman–Crippen LogP) is 11.1. The molecule has 0 fully saturated rings. The van der Waals surface area contributed by atoms with Crippen LogP contribution in [0.5, 0.6) is 0 Å². The molecular formula is C46H40N4. The predicted molar refractivity (Wildman–Crippen MR) is 206 cm³/mol. The molecule has 0 bridgehead atoms. The fourth-order valence-corrected chi connectivity index (χ4v) is 8.86. The highest BCUT2D eigenvalue weighted by molar-refractivity contribution is 5.99. The van der Waals surface area contributed by atoms with E-state index in [0.717, 1.165) is 59.0 Å². The van der Waals surface area contributed by atoms with Gasteiger partial charge in [-0.2, -0.15) is 10.5 Å². The number of rotatable bonds is 6. The molecular weight excluding hydrogens is 609 g/mol. The van der Waals surface area contributed by atoms with E-state index in [-0.39, 0.29) is 17.4 Å². The van der Waals surface area contributed by atoms with Crippen LogP contribution in [0.2, 0.25) is 0 Å². The molecule has 0 saturated heterocycles. The molecule has 4 aromatic rings. The van der Waals surface area contributed by atoms with Crippen LogP contribution in [0.25, 0.3) is 28.2 Å². The van der Waals surface area contributed by atoms with Gasteiger partial charge in [0.25, 0.3) is 0 Å². The topological polar surface area (TPSA) is 55.8 Å². The second-order valence-corrected chi connectivity index (χ2v) is 14.1. The molecule has 4 heteroatoms. The number of hydrogen-bond donors (Lipinski definition) is 0. The van der Waals surface area contributed by atoms with Gasteiger partial charge in [0.15, 0.2) is 0 Å². The Labute approximate surface area is 295 Å². The lowest BCUT2D eigenvalue weighted by Crippen LogP contribution is -2.43. The lowest BCUT2D eigenvalue weighted by atomic mass is 9.72. The molecule has 3 atom stereocenters. The summed E-state index contributed by atoms with van der Waals surface area (Å²) >= 11 is 0. The second-order valence-electron chi connectivity index (χ2n) is 14.1. The Bertz CT molecular complexity index is 2320. The first-order chi connectivity index (χ1) is 24.5. The van der Waals surface area contributed by atoms with Crippen LogP contribution >= 0.6 is 0 Å². The maximum atomic E-state index is 10.3. The van der Waals surface area contributed by atoms with Gasteiger partial charge in [0, 0.05) is 61.8 Å². The van der Waals surface area contributed by atoms with E-state index in [0.29, 0.717) is 6.42 Å². The standard InChI is InChI=1S/C46H40N4/c1-4-5-12-37-31(2)49(42-15-8-6-13-38(37)42)43-25-18-32(29-47)27-40(43)34-21-19-33(20-22-34)39-28-36(24-23-35(39)30-48)50-44-16-9-7-14-41(44)46(3)26-11-10-17-45(46)50/h4-10,12-17,19-24,27,39,45H,1,11,18,25-26,28H2,2-3H3/b12-5-/t39-,45?,46?/m0/s1. The van der Waals surface area contributed by atoms with Crippen molar-refractivity contribution < 1.29 is 0 Å². The summed E-state index contributed by atoms with van der Waals surface area (Å²) < 4.78 is 2.38. The summed E-state index contributed by atoms with van der Waals surface area (Å²) in [6.07, 6.45) is 21.4. The maximum Gasteiger partial charge on any atom is 0.0953 e. The van der Waals surface area contributed by atoms with Crippen molar-refractivity contribution in [1.29, 1.82) is 10.5 Å². The van der Waals surface area contributed by atoms with Gasteiger partial charge in [0.2, 0.25) is 0 Å². The highest BCUT2D eigenvalue weighted by Gasteiger charge is 2.48. The Kier molecular flexibility index (Phi) is 7.89. The third kappa shape index (κ3) is 4.95. The van der Waals surface area contributed by atoms with Gasteiger partial charge in [0.05, 0.1) is 23.7 Å². The minimum Gasteiger partial charge on any atom is -0.337 e. The number of nitrogens with zero attached hydrogens (tertiary/aromatic N) is 4. The number of benzene rings is 3. The molecule has 3 aliphatic carbocycles.